The van der Waals surface area contributed by atoms with Crippen molar-refractivity contribution in [2.45, 2.75) is 26.0 Å². The van der Waals surface area contributed by atoms with E-state index in [1.165, 1.54) is 5.56 Å². The standard InChI is InChI=1S/C16H20N2O/c1-12(17-3)15-9-10-18-16(11-15)19-13(2)14-7-5-4-6-8-14/h4-13,17H,1-3H3. The number of benzene rings is 1. The summed E-state index contributed by atoms with van der Waals surface area (Å²) in [5.41, 5.74) is 2.32. The summed E-state index contributed by atoms with van der Waals surface area (Å²) in [5, 5.41) is 3.21. The highest BCUT2D eigenvalue weighted by Gasteiger charge is 2.09. The quantitative estimate of drug-likeness (QED) is 0.889. The molecule has 0 aliphatic rings. The van der Waals surface area contributed by atoms with Crippen molar-refractivity contribution in [1.82, 2.24) is 10.3 Å². The summed E-state index contributed by atoms with van der Waals surface area (Å²) in [7, 11) is 1.94. The van der Waals surface area contributed by atoms with E-state index in [-0.39, 0.29) is 12.1 Å². The van der Waals surface area contributed by atoms with Gasteiger partial charge in [-0.3, -0.25) is 0 Å². The third-order valence-corrected chi connectivity index (χ3v) is 3.26. The van der Waals surface area contributed by atoms with E-state index in [9.17, 15) is 0 Å². The minimum Gasteiger partial charge on any atom is -0.470 e. The molecule has 0 amide bonds. The smallest absolute Gasteiger partial charge is 0.214 e. The third kappa shape index (κ3) is 3.55. The molecule has 0 radical (unpaired) electrons. The Balaban J connectivity index is 2.11. The fourth-order valence-corrected chi connectivity index (χ4v) is 1.90. The molecule has 2 rings (SSSR count). The van der Waals surface area contributed by atoms with Crippen LogP contribution in [-0.4, -0.2) is 12.0 Å². The van der Waals surface area contributed by atoms with Crippen molar-refractivity contribution in [3.63, 3.8) is 0 Å². The van der Waals surface area contributed by atoms with Crippen LogP contribution in [0.1, 0.15) is 37.1 Å². The number of rotatable bonds is 5. The number of hydrogen-bond acceptors (Lipinski definition) is 3. The van der Waals surface area contributed by atoms with Gasteiger partial charge in [0.15, 0.2) is 0 Å². The van der Waals surface area contributed by atoms with Gasteiger partial charge < -0.3 is 10.1 Å². The maximum atomic E-state index is 5.90. The van der Waals surface area contributed by atoms with Gasteiger partial charge >= 0.3 is 0 Å². The maximum Gasteiger partial charge on any atom is 0.214 e. The normalized spacial score (nSPS) is 13.8. The summed E-state index contributed by atoms with van der Waals surface area (Å²) in [4.78, 5) is 4.27. The molecule has 1 N–H and O–H groups in total. The van der Waals surface area contributed by atoms with Gasteiger partial charge in [-0.2, -0.15) is 0 Å². The topological polar surface area (TPSA) is 34.2 Å². The molecule has 2 unspecified atom stereocenters. The van der Waals surface area contributed by atoms with E-state index >= 15 is 0 Å². The molecule has 0 aliphatic carbocycles. The van der Waals surface area contributed by atoms with Crippen LogP contribution in [-0.2, 0) is 0 Å². The van der Waals surface area contributed by atoms with Gasteiger partial charge in [0.05, 0.1) is 0 Å². The molecule has 1 aromatic heterocycles. The van der Waals surface area contributed by atoms with E-state index in [0.717, 1.165) is 5.56 Å². The Bertz CT molecular complexity index is 513. The first-order valence-corrected chi connectivity index (χ1v) is 6.55. The minimum atomic E-state index is -0.00570. The van der Waals surface area contributed by atoms with Crippen molar-refractivity contribution in [3.8, 4) is 5.88 Å². The first-order chi connectivity index (χ1) is 9.20. The molecule has 2 aromatic rings. The van der Waals surface area contributed by atoms with Gasteiger partial charge in [-0.15, -0.1) is 0 Å². The third-order valence-electron chi connectivity index (χ3n) is 3.26. The van der Waals surface area contributed by atoms with Gasteiger partial charge in [0, 0.05) is 18.3 Å². The summed E-state index contributed by atoms with van der Waals surface area (Å²) in [6.07, 6.45) is 1.78. The Morgan fingerprint density at radius 2 is 1.79 bits per heavy atom. The van der Waals surface area contributed by atoms with Gasteiger partial charge in [-0.25, -0.2) is 4.98 Å². The van der Waals surface area contributed by atoms with E-state index in [4.69, 9.17) is 4.74 Å². The molecule has 3 nitrogen and oxygen atoms in total. The van der Waals surface area contributed by atoms with E-state index in [2.05, 4.69) is 29.4 Å². The van der Waals surface area contributed by atoms with Crippen LogP contribution >= 0.6 is 0 Å². The largest absolute Gasteiger partial charge is 0.470 e. The van der Waals surface area contributed by atoms with Gasteiger partial charge in [0.2, 0.25) is 5.88 Å². The highest BCUT2D eigenvalue weighted by Crippen LogP contribution is 2.22. The van der Waals surface area contributed by atoms with Crippen LogP contribution < -0.4 is 10.1 Å². The fraction of sp³-hybridized carbons (Fsp3) is 0.312. The average Bonchev–Trinajstić information content (AvgIpc) is 2.47. The van der Waals surface area contributed by atoms with Crippen molar-refractivity contribution in [1.29, 1.82) is 0 Å². The Morgan fingerprint density at radius 1 is 1.05 bits per heavy atom. The lowest BCUT2D eigenvalue weighted by Crippen LogP contribution is -2.12. The maximum absolute atomic E-state index is 5.90. The second kappa shape index (κ2) is 6.34. The number of nitrogens with one attached hydrogen (secondary N) is 1. The SMILES string of the molecule is CNC(C)c1ccnc(OC(C)c2ccccc2)c1. The van der Waals surface area contributed by atoms with Crippen molar-refractivity contribution in [2.24, 2.45) is 0 Å². The molecule has 19 heavy (non-hydrogen) atoms. The second-order valence-corrected chi connectivity index (χ2v) is 4.61. The van der Waals surface area contributed by atoms with Gasteiger partial charge in [0.1, 0.15) is 6.10 Å². The average molecular weight is 256 g/mol. The molecule has 0 saturated carbocycles. The zero-order valence-corrected chi connectivity index (χ0v) is 11.6. The van der Waals surface area contributed by atoms with Crippen molar-refractivity contribution >= 4 is 0 Å². The number of pyridine rings is 1. The second-order valence-electron chi connectivity index (χ2n) is 4.61. The number of aromatic nitrogens is 1. The summed E-state index contributed by atoms with van der Waals surface area (Å²) < 4.78 is 5.90. The van der Waals surface area contributed by atoms with Crippen LogP contribution in [0.2, 0.25) is 0 Å². The Morgan fingerprint density at radius 3 is 2.47 bits per heavy atom. The fourth-order valence-electron chi connectivity index (χ4n) is 1.90. The van der Waals surface area contributed by atoms with Gasteiger partial charge in [-0.05, 0) is 38.1 Å². The lowest BCUT2D eigenvalue weighted by Gasteiger charge is -2.16. The first-order valence-electron chi connectivity index (χ1n) is 6.55. The predicted molar refractivity (Wildman–Crippen MR) is 77.2 cm³/mol. The van der Waals surface area contributed by atoms with Gasteiger partial charge in [-0.1, -0.05) is 30.3 Å². The van der Waals surface area contributed by atoms with Crippen LogP contribution in [0.25, 0.3) is 0 Å². The number of ether oxygens (including phenoxy) is 1. The molecule has 0 aliphatic heterocycles. The van der Waals surface area contributed by atoms with Crippen LogP contribution in [0.4, 0.5) is 0 Å². The van der Waals surface area contributed by atoms with Crippen LogP contribution in [0.3, 0.4) is 0 Å². The van der Waals surface area contributed by atoms with E-state index in [0.29, 0.717) is 5.88 Å². The highest BCUT2D eigenvalue weighted by molar-refractivity contribution is 5.24. The molecular formula is C16H20N2O. The highest BCUT2D eigenvalue weighted by atomic mass is 16.5. The van der Waals surface area contributed by atoms with E-state index in [1.54, 1.807) is 6.20 Å². The molecule has 0 spiro atoms. The summed E-state index contributed by atoms with van der Waals surface area (Å²) >= 11 is 0. The molecule has 1 aromatic carbocycles. The molecule has 0 fully saturated rings. The number of nitrogens with zero attached hydrogens (tertiary/aromatic N) is 1. The summed E-state index contributed by atoms with van der Waals surface area (Å²) in [6, 6.07) is 14.4. The van der Waals surface area contributed by atoms with Crippen LogP contribution in [0.5, 0.6) is 5.88 Å². The van der Waals surface area contributed by atoms with E-state index < -0.39 is 0 Å². The Kier molecular flexibility index (Phi) is 4.53. The van der Waals surface area contributed by atoms with Crippen molar-refractivity contribution in [3.05, 3.63) is 59.8 Å². The molecule has 0 bridgehead atoms. The summed E-state index contributed by atoms with van der Waals surface area (Å²) in [6.45, 7) is 4.14. The number of hydrogen-bond donors (Lipinski definition) is 1. The first kappa shape index (κ1) is 13.6. The molecule has 100 valence electrons. The predicted octanol–water partition coefficient (Wildman–Crippen LogP) is 3.50. The molecule has 2 atom stereocenters. The lowest BCUT2D eigenvalue weighted by atomic mass is 10.1. The van der Waals surface area contributed by atoms with Gasteiger partial charge in [0.25, 0.3) is 0 Å². The summed E-state index contributed by atoms with van der Waals surface area (Å²) in [5.74, 6) is 0.663. The van der Waals surface area contributed by atoms with Crippen LogP contribution in [0.15, 0.2) is 48.7 Å². The Labute approximate surface area is 114 Å². The van der Waals surface area contributed by atoms with Crippen LogP contribution in [0, 0.1) is 0 Å². The lowest BCUT2D eigenvalue weighted by molar-refractivity contribution is 0.217. The van der Waals surface area contributed by atoms with Crippen molar-refractivity contribution < 1.29 is 4.74 Å². The Hall–Kier alpha value is -1.87. The van der Waals surface area contributed by atoms with E-state index in [1.807, 2.05) is 44.3 Å². The zero-order valence-electron chi connectivity index (χ0n) is 11.6. The molecule has 3 heteroatoms. The monoisotopic (exact) mass is 256 g/mol. The minimum absolute atomic E-state index is 0.00570. The molecule has 0 saturated heterocycles. The molecule has 1 heterocycles. The van der Waals surface area contributed by atoms with Crippen molar-refractivity contribution in [2.75, 3.05) is 7.05 Å². The molecular weight excluding hydrogens is 236 g/mol. The zero-order chi connectivity index (χ0) is 13.7.